The third-order valence-corrected chi connectivity index (χ3v) is 3.01. The highest BCUT2D eigenvalue weighted by Gasteiger charge is 2.34. The molecule has 0 bridgehead atoms. The van der Waals surface area contributed by atoms with Gasteiger partial charge in [-0.2, -0.15) is 13.2 Å². The van der Waals surface area contributed by atoms with Gasteiger partial charge in [0.25, 0.3) is 0 Å². The van der Waals surface area contributed by atoms with E-state index in [9.17, 15) is 18.0 Å². The molecule has 0 aliphatic carbocycles. The molecule has 0 saturated heterocycles. The molecule has 0 saturated carbocycles. The minimum absolute atomic E-state index is 0.105. The van der Waals surface area contributed by atoms with Crippen LogP contribution < -0.4 is 0 Å². The first-order chi connectivity index (χ1) is 9.32. The van der Waals surface area contributed by atoms with E-state index in [1.807, 2.05) is 0 Å². The number of alkyl halides is 3. The Morgan fingerprint density at radius 2 is 1.70 bits per heavy atom. The Labute approximate surface area is 113 Å². The summed E-state index contributed by atoms with van der Waals surface area (Å²) in [5.74, 6) is -1.25. The SMILES string of the molecule is Cc1cccc(C(=O)O)c1-c1ccccc1C(F)(F)F. The zero-order chi connectivity index (χ0) is 14.9. The molecular formula is C15H11F3O2. The summed E-state index contributed by atoms with van der Waals surface area (Å²) in [6.07, 6.45) is -4.53. The van der Waals surface area contributed by atoms with Crippen molar-refractivity contribution >= 4 is 5.97 Å². The zero-order valence-corrected chi connectivity index (χ0v) is 10.5. The summed E-state index contributed by atoms with van der Waals surface area (Å²) in [7, 11) is 0. The molecule has 2 aromatic rings. The first-order valence-electron chi connectivity index (χ1n) is 5.82. The first-order valence-corrected chi connectivity index (χ1v) is 5.82. The maximum atomic E-state index is 13.1. The zero-order valence-electron chi connectivity index (χ0n) is 10.5. The van der Waals surface area contributed by atoms with Gasteiger partial charge in [-0.05, 0) is 35.7 Å². The van der Waals surface area contributed by atoms with E-state index in [4.69, 9.17) is 5.11 Å². The van der Waals surface area contributed by atoms with Gasteiger partial charge in [-0.15, -0.1) is 0 Å². The van der Waals surface area contributed by atoms with Gasteiger partial charge in [0, 0.05) is 0 Å². The van der Waals surface area contributed by atoms with Crippen molar-refractivity contribution in [3.05, 3.63) is 59.2 Å². The third-order valence-electron chi connectivity index (χ3n) is 3.01. The lowest BCUT2D eigenvalue weighted by atomic mass is 9.91. The van der Waals surface area contributed by atoms with Crippen molar-refractivity contribution in [3.63, 3.8) is 0 Å². The summed E-state index contributed by atoms with van der Waals surface area (Å²) in [6, 6.07) is 9.39. The Kier molecular flexibility index (Phi) is 3.53. The van der Waals surface area contributed by atoms with Gasteiger partial charge in [-0.25, -0.2) is 4.79 Å². The molecule has 0 spiro atoms. The fourth-order valence-corrected chi connectivity index (χ4v) is 2.15. The summed E-state index contributed by atoms with van der Waals surface area (Å²) < 4.78 is 39.2. The number of hydrogen-bond donors (Lipinski definition) is 1. The van der Waals surface area contributed by atoms with Gasteiger partial charge >= 0.3 is 12.1 Å². The van der Waals surface area contributed by atoms with E-state index in [1.165, 1.54) is 30.3 Å². The molecule has 20 heavy (non-hydrogen) atoms. The Balaban J connectivity index is 2.79. The fraction of sp³-hybridized carbons (Fsp3) is 0.133. The Morgan fingerprint density at radius 3 is 2.30 bits per heavy atom. The maximum absolute atomic E-state index is 13.1. The second-order valence-electron chi connectivity index (χ2n) is 4.35. The van der Waals surface area contributed by atoms with Crippen LogP contribution in [0.25, 0.3) is 11.1 Å². The van der Waals surface area contributed by atoms with E-state index >= 15 is 0 Å². The highest BCUT2D eigenvalue weighted by molar-refractivity contribution is 5.97. The van der Waals surface area contributed by atoms with Crippen LogP contribution in [-0.4, -0.2) is 11.1 Å². The lowest BCUT2D eigenvalue weighted by Crippen LogP contribution is -2.09. The predicted octanol–water partition coefficient (Wildman–Crippen LogP) is 4.38. The van der Waals surface area contributed by atoms with Gasteiger partial charge < -0.3 is 5.11 Å². The highest BCUT2D eigenvalue weighted by Crippen LogP contribution is 2.39. The molecule has 0 amide bonds. The smallest absolute Gasteiger partial charge is 0.417 e. The molecule has 104 valence electrons. The normalized spacial score (nSPS) is 11.4. The van der Waals surface area contributed by atoms with Crippen LogP contribution in [0.15, 0.2) is 42.5 Å². The monoisotopic (exact) mass is 280 g/mol. The molecule has 0 heterocycles. The van der Waals surface area contributed by atoms with Crippen LogP contribution in [0.1, 0.15) is 21.5 Å². The van der Waals surface area contributed by atoms with Gasteiger partial charge in [0.1, 0.15) is 0 Å². The highest BCUT2D eigenvalue weighted by atomic mass is 19.4. The van der Waals surface area contributed by atoms with E-state index in [1.54, 1.807) is 13.0 Å². The number of carboxylic acids is 1. The summed E-state index contributed by atoms with van der Waals surface area (Å²) in [5.41, 5.74) is -0.497. The predicted molar refractivity (Wildman–Crippen MR) is 68.6 cm³/mol. The largest absolute Gasteiger partial charge is 0.478 e. The van der Waals surface area contributed by atoms with Gasteiger partial charge in [0.15, 0.2) is 0 Å². The minimum atomic E-state index is -4.53. The number of benzene rings is 2. The molecule has 0 aliphatic rings. The van der Waals surface area contributed by atoms with Gasteiger partial charge in [0.05, 0.1) is 11.1 Å². The van der Waals surface area contributed by atoms with Crippen molar-refractivity contribution in [1.29, 1.82) is 0 Å². The molecule has 2 nitrogen and oxygen atoms in total. The average Bonchev–Trinajstić information content (AvgIpc) is 2.37. The molecule has 0 aromatic heterocycles. The molecule has 0 aliphatic heterocycles. The van der Waals surface area contributed by atoms with Crippen LogP contribution in [-0.2, 0) is 6.18 Å². The molecular weight excluding hydrogens is 269 g/mol. The van der Waals surface area contributed by atoms with E-state index < -0.39 is 17.7 Å². The molecule has 2 aromatic carbocycles. The van der Waals surface area contributed by atoms with Crippen LogP contribution in [0.3, 0.4) is 0 Å². The van der Waals surface area contributed by atoms with Crippen LogP contribution in [0, 0.1) is 6.92 Å². The molecule has 2 rings (SSSR count). The van der Waals surface area contributed by atoms with Crippen LogP contribution in [0.2, 0.25) is 0 Å². The lowest BCUT2D eigenvalue weighted by Gasteiger charge is -2.16. The van der Waals surface area contributed by atoms with Gasteiger partial charge in [-0.3, -0.25) is 0 Å². The first kappa shape index (κ1) is 14.1. The minimum Gasteiger partial charge on any atom is -0.478 e. The van der Waals surface area contributed by atoms with Gasteiger partial charge in [0.2, 0.25) is 0 Å². The standard InChI is InChI=1S/C15H11F3O2/c1-9-5-4-7-11(14(19)20)13(9)10-6-2-3-8-12(10)15(16,17)18/h2-8H,1H3,(H,19,20). The topological polar surface area (TPSA) is 37.3 Å². The van der Waals surface area contributed by atoms with Crippen molar-refractivity contribution in [2.24, 2.45) is 0 Å². The van der Waals surface area contributed by atoms with Crippen molar-refractivity contribution < 1.29 is 23.1 Å². The van der Waals surface area contributed by atoms with Crippen molar-refractivity contribution in [2.45, 2.75) is 13.1 Å². The Hall–Kier alpha value is -2.30. The third kappa shape index (κ3) is 2.52. The van der Waals surface area contributed by atoms with Gasteiger partial charge in [-0.1, -0.05) is 30.3 Å². The van der Waals surface area contributed by atoms with E-state index in [0.29, 0.717) is 5.56 Å². The molecule has 0 unspecified atom stereocenters. The average molecular weight is 280 g/mol. The van der Waals surface area contributed by atoms with E-state index in [-0.39, 0.29) is 16.7 Å². The quantitative estimate of drug-likeness (QED) is 0.886. The lowest BCUT2D eigenvalue weighted by molar-refractivity contribution is -0.137. The number of hydrogen-bond acceptors (Lipinski definition) is 1. The molecule has 5 heteroatoms. The summed E-state index contributed by atoms with van der Waals surface area (Å²) in [6.45, 7) is 1.59. The van der Waals surface area contributed by atoms with Crippen LogP contribution in [0.5, 0.6) is 0 Å². The fourth-order valence-electron chi connectivity index (χ4n) is 2.15. The second-order valence-corrected chi connectivity index (χ2v) is 4.35. The number of carbonyl (C=O) groups is 1. The number of aryl methyl sites for hydroxylation is 1. The summed E-state index contributed by atoms with van der Waals surface area (Å²) >= 11 is 0. The molecule has 0 fully saturated rings. The Morgan fingerprint density at radius 1 is 1.05 bits per heavy atom. The molecule has 1 N–H and O–H groups in total. The molecule has 0 atom stereocenters. The van der Waals surface area contributed by atoms with Crippen LogP contribution >= 0.6 is 0 Å². The number of halogens is 3. The van der Waals surface area contributed by atoms with Crippen molar-refractivity contribution in [2.75, 3.05) is 0 Å². The summed E-state index contributed by atoms with van der Waals surface area (Å²) in [4.78, 5) is 11.2. The van der Waals surface area contributed by atoms with Crippen LogP contribution in [0.4, 0.5) is 13.2 Å². The second kappa shape index (κ2) is 5.00. The number of aromatic carboxylic acids is 1. The number of rotatable bonds is 2. The molecule has 0 radical (unpaired) electrons. The number of carboxylic acid groups (broad SMARTS) is 1. The maximum Gasteiger partial charge on any atom is 0.417 e. The van der Waals surface area contributed by atoms with E-state index in [0.717, 1.165) is 6.07 Å². The van der Waals surface area contributed by atoms with E-state index in [2.05, 4.69) is 0 Å². The Bertz CT molecular complexity index is 660. The van der Waals surface area contributed by atoms with Crippen molar-refractivity contribution in [3.8, 4) is 11.1 Å². The van der Waals surface area contributed by atoms with Crippen molar-refractivity contribution in [1.82, 2.24) is 0 Å². The summed E-state index contributed by atoms with van der Waals surface area (Å²) in [5, 5.41) is 9.16.